The molecule has 110 valence electrons. The van der Waals surface area contributed by atoms with Crippen molar-refractivity contribution >= 4 is 21.7 Å². The van der Waals surface area contributed by atoms with Gasteiger partial charge in [0.05, 0.1) is 5.56 Å². The summed E-state index contributed by atoms with van der Waals surface area (Å²) in [7, 11) is -4.33. The highest BCUT2D eigenvalue weighted by atomic mass is 32.2. The van der Waals surface area contributed by atoms with Gasteiger partial charge in [0, 0.05) is 6.20 Å². The van der Waals surface area contributed by atoms with Crippen LogP contribution in [0.2, 0.25) is 0 Å². The van der Waals surface area contributed by atoms with Crippen molar-refractivity contribution in [3.05, 3.63) is 53.7 Å². The zero-order valence-corrected chi connectivity index (χ0v) is 11.1. The van der Waals surface area contributed by atoms with Crippen molar-refractivity contribution in [3.63, 3.8) is 0 Å². The van der Waals surface area contributed by atoms with Gasteiger partial charge in [-0.05, 0) is 24.3 Å². The summed E-state index contributed by atoms with van der Waals surface area (Å²) < 4.78 is 52.4. The van der Waals surface area contributed by atoms with Gasteiger partial charge >= 0.3 is 5.97 Å². The maximum atomic E-state index is 13.4. The summed E-state index contributed by atoms with van der Waals surface area (Å²) in [6.45, 7) is 0. The molecule has 0 bridgehead atoms. The molecule has 6 nitrogen and oxygen atoms in total. The van der Waals surface area contributed by atoms with Crippen LogP contribution < -0.4 is 4.72 Å². The third-order valence-electron chi connectivity index (χ3n) is 2.46. The SMILES string of the molecule is O=C(O)c1ccc(S(=O)(=O)Nc2c(F)cccc2F)nc1. The molecular formula is C12H8F2N2O4S. The molecule has 0 amide bonds. The van der Waals surface area contributed by atoms with Crippen LogP contribution >= 0.6 is 0 Å². The Labute approximate surface area is 118 Å². The minimum Gasteiger partial charge on any atom is -0.478 e. The first-order valence-electron chi connectivity index (χ1n) is 5.47. The van der Waals surface area contributed by atoms with Gasteiger partial charge in [-0.1, -0.05) is 6.07 Å². The van der Waals surface area contributed by atoms with Crippen molar-refractivity contribution in [1.82, 2.24) is 4.98 Å². The number of rotatable bonds is 4. The molecule has 0 aliphatic carbocycles. The fraction of sp³-hybridized carbons (Fsp3) is 0. The Morgan fingerprint density at radius 3 is 2.24 bits per heavy atom. The van der Waals surface area contributed by atoms with Crippen LogP contribution in [-0.4, -0.2) is 24.5 Å². The topological polar surface area (TPSA) is 96.4 Å². The number of halogens is 2. The Balaban J connectivity index is 2.36. The zero-order chi connectivity index (χ0) is 15.6. The minimum absolute atomic E-state index is 0.217. The molecule has 1 aromatic heterocycles. The normalized spacial score (nSPS) is 11.1. The summed E-state index contributed by atoms with van der Waals surface area (Å²) in [6, 6.07) is 4.80. The van der Waals surface area contributed by atoms with Crippen LogP contribution in [-0.2, 0) is 10.0 Å². The molecule has 0 radical (unpaired) electrons. The Hall–Kier alpha value is -2.55. The molecule has 2 rings (SSSR count). The smallest absolute Gasteiger partial charge is 0.337 e. The van der Waals surface area contributed by atoms with E-state index in [0.717, 1.165) is 36.5 Å². The summed E-state index contributed by atoms with van der Waals surface area (Å²) in [4.78, 5) is 14.1. The van der Waals surface area contributed by atoms with Crippen LogP contribution in [0.5, 0.6) is 0 Å². The Kier molecular flexibility index (Phi) is 3.85. The first-order valence-corrected chi connectivity index (χ1v) is 6.96. The summed E-state index contributed by atoms with van der Waals surface area (Å²) >= 11 is 0. The molecular weight excluding hydrogens is 306 g/mol. The molecule has 0 aliphatic heterocycles. The Bertz CT molecular complexity index is 771. The molecule has 0 saturated heterocycles. The van der Waals surface area contributed by atoms with E-state index < -0.39 is 38.3 Å². The number of hydrogen-bond acceptors (Lipinski definition) is 4. The fourth-order valence-corrected chi connectivity index (χ4v) is 2.45. The van der Waals surface area contributed by atoms with E-state index >= 15 is 0 Å². The second-order valence-electron chi connectivity index (χ2n) is 3.89. The number of hydrogen-bond donors (Lipinski definition) is 2. The largest absolute Gasteiger partial charge is 0.478 e. The number of nitrogens with one attached hydrogen (secondary N) is 1. The molecule has 9 heteroatoms. The molecule has 0 aliphatic rings. The first kappa shape index (κ1) is 14.9. The van der Waals surface area contributed by atoms with Gasteiger partial charge < -0.3 is 5.11 Å². The van der Waals surface area contributed by atoms with Crippen LogP contribution in [0.15, 0.2) is 41.6 Å². The van der Waals surface area contributed by atoms with E-state index in [1.807, 2.05) is 0 Å². The third-order valence-corrected chi connectivity index (χ3v) is 3.72. The van der Waals surface area contributed by atoms with E-state index in [9.17, 15) is 22.0 Å². The van der Waals surface area contributed by atoms with Gasteiger partial charge in [0.15, 0.2) is 5.03 Å². The number of benzene rings is 1. The van der Waals surface area contributed by atoms with E-state index in [4.69, 9.17) is 5.11 Å². The molecule has 0 spiro atoms. The number of anilines is 1. The predicted molar refractivity (Wildman–Crippen MR) is 68.4 cm³/mol. The van der Waals surface area contributed by atoms with Gasteiger partial charge in [-0.2, -0.15) is 8.42 Å². The van der Waals surface area contributed by atoms with Gasteiger partial charge in [0.1, 0.15) is 17.3 Å². The van der Waals surface area contributed by atoms with Crippen molar-refractivity contribution in [2.75, 3.05) is 4.72 Å². The molecule has 0 saturated carbocycles. The van der Waals surface area contributed by atoms with Crippen molar-refractivity contribution in [3.8, 4) is 0 Å². The van der Waals surface area contributed by atoms with E-state index in [0.29, 0.717) is 0 Å². The number of sulfonamides is 1. The lowest BCUT2D eigenvalue weighted by molar-refractivity contribution is 0.0696. The number of carbonyl (C=O) groups is 1. The molecule has 21 heavy (non-hydrogen) atoms. The summed E-state index contributed by atoms with van der Waals surface area (Å²) in [6.07, 6.45) is 0.828. The van der Waals surface area contributed by atoms with E-state index in [1.165, 1.54) is 0 Å². The first-order chi connectivity index (χ1) is 9.81. The lowest BCUT2D eigenvalue weighted by Crippen LogP contribution is -2.16. The lowest BCUT2D eigenvalue weighted by Gasteiger charge is -2.09. The average Bonchev–Trinajstić information content (AvgIpc) is 2.43. The highest BCUT2D eigenvalue weighted by Crippen LogP contribution is 2.21. The van der Waals surface area contributed by atoms with Gasteiger partial charge in [-0.15, -0.1) is 0 Å². The summed E-state index contributed by atoms with van der Waals surface area (Å²) in [5.41, 5.74) is -1.05. The number of carboxylic acid groups (broad SMARTS) is 1. The van der Waals surface area contributed by atoms with Gasteiger partial charge in [-0.3, -0.25) is 4.72 Å². The molecule has 1 aromatic carbocycles. The van der Waals surface area contributed by atoms with Crippen molar-refractivity contribution in [2.45, 2.75) is 5.03 Å². The molecule has 0 atom stereocenters. The zero-order valence-electron chi connectivity index (χ0n) is 10.2. The van der Waals surface area contributed by atoms with Crippen LogP contribution in [0.1, 0.15) is 10.4 Å². The number of carboxylic acids is 1. The molecule has 2 N–H and O–H groups in total. The van der Waals surface area contributed by atoms with Crippen LogP contribution in [0.4, 0.5) is 14.5 Å². The second-order valence-corrected chi connectivity index (χ2v) is 5.52. The molecule has 0 unspecified atom stereocenters. The van der Waals surface area contributed by atoms with Gasteiger partial charge in [0.25, 0.3) is 10.0 Å². The highest BCUT2D eigenvalue weighted by Gasteiger charge is 2.20. The third kappa shape index (κ3) is 3.14. The van der Waals surface area contributed by atoms with Crippen molar-refractivity contribution in [1.29, 1.82) is 0 Å². The maximum Gasteiger partial charge on any atom is 0.337 e. The monoisotopic (exact) mass is 314 g/mol. The highest BCUT2D eigenvalue weighted by molar-refractivity contribution is 7.92. The van der Waals surface area contributed by atoms with Crippen molar-refractivity contribution < 1.29 is 27.1 Å². The molecule has 0 fully saturated rings. The second kappa shape index (κ2) is 5.44. The Morgan fingerprint density at radius 1 is 1.14 bits per heavy atom. The number of pyridine rings is 1. The van der Waals surface area contributed by atoms with Crippen molar-refractivity contribution in [2.24, 2.45) is 0 Å². The van der Waals surface area contributed by atoms with Crippen LogP contribution in [0, 0.1) is 11.6 Å². The molecule has 2 aromatic rings. The number of aromatic nitrogens is 1. The van der Waals surface area contributed by atoms with E-state index in [2.05, 4.69) is 4.98 Å². The Morgan fingerprint density at radius 2 is 1.76 bits per heavy atom. The number of para-hydroxylation sites is 1. The molecule has 1 heterocycles. The standard InChI is InChI=1S/C12H8F2N2O4S/c13-8-2-1-3-9(14)11(8)16-21(19,20)10-5-4-7(6-15-10)12(17)18/h1-6,16H,(H,17,18). The van der Waals surface area contributed by atoms with Crippen LogP contribution in [0.25, 0.3) is 0 Å². The van der Waals surface area contributed by atoms with Crippen LogP contribution in [0.3, 0.4) is 0 Å². The van der Waals surface area contributed by atoms with Gasteiger partial charge in [0.2, 0.25) is 0 Å². The summed E-state index contributed by atoms with van der Waals surface area (Å²) in [5.74, 6) is -3.44. The average molecular weight is 314 g/mol. The van der Waals surface area contributed by atoms with E-state index in [-0.39, 0.29) is 5.56 Å². The van der Waals surface area contributed by atoms with E-state index in [1.54, 1.807) is 4.72 Å². The summed E-state index contributed by atoms with van der Waals surface area (Å²) in [5, 5.41) is 8.12. The fourth-order valence-electron chi connectivity index (χ4n) is 1.45. The quantitative estimate of drug-likeness (QED) is 0.898. The number of nitrogens with zero attached hydrogens (tertiary/aromatic N) is 1. The van der Waals surface area contributed by atoms with Gasteiger partial charge in [-0.25, -0.2) is 18.6 Å². The maximum absolute atomic E-state index is 13.4. The predicted octanol–water partition coefficient (Wildman–Crippen LogP) is 1.86. The minimum atomic E-state index is -4.33. The number of aromatic carboxylic acids is 1. The lowest BCUT2D eigenvalue weighted by atomic mass is 10.3.